The van der Waals surface area contributed by atoms with Crippen LogP contribution in [0.5, 0.6) is 0 Å². The largest absolute Gasteiger partial charge is 0.465 e. The lowest BCUT2D eigenvalue weighted by molar-refractivity contribution is -0.132. The number of nitrogens with one attached hydrogen (secondary N) is 3. The van der Waals surface area contributed by atoms with Crippen LogP contribution in [0.2, 0.25) is 10.0 Å². The zero-order valence-electron chi connectivity index (χ0n) is 22.9. The number of halogens is 2. The monoisotopic (exact) mass is 629 g/mol. The highest BCUT2D eigenvalue weighted by Crippen LogP contribution is 2.35. The standard InChI is InChI=1S/C29H29Cl2N5O5S/c1-17-6-8-21(9-7-17)42(39,40)28-25(29(38)41-2)26(22-10-11-32-27(22)35-28)34-23-5-3-4-12-36(23)24(37)16-33-20-14-18(30)13-19(31)15-20/h6-11,13-15,23,33H,3-5,12,16H2,1-2H3,(H2,32,34,35)/t23-/m1/s1. The van der Waals surface area contributed by atoms with Crippen LogP contribution in [-0.4, -0.2) is 61.5 Å². The Kier molecular flexibility index (Phi) is 8.63. The number of ether oxygens (including phenoxy) is 1. The molecule has 42 heavy (non-hydrogen) atoms. The minimum Gasteiger partial charge on any atom is -0.465 e. The third kappa shape index (κ3) is 6.04. The van der Waals surface area contributed by atoms with E-state index in [4.69, 9.17) is 27.9 Å². The molecular weight excluding hydrogens is 601 g/mol. The van der Waals surface area contributed by atoms with Crippen molar-refractivity contribution in [3.05, 3.63) is 75.9 Å². The quantitative estimate of drug-likeness (QED) is 0.213. The Morgan fingerprint density at radius 3 is 2.50 bits per heavy atom. The molecule has 1 aliphatic rings. The highest BCUT2D eigenvalue weighted by Gasteiger charge is 2.34. The molecule has 1 amide bonds. The van der Waals surface area contributed by atoms with Gasteiger partial charge < -0.3 is 25.3 Å². The van der Waals surface area contributed by atoms with Crippen molar-refractivity contribution >= 4 is 67.3 Å². The Balaban J connectivity index is 1.53. The number of H-pyrrole nitrogens is 1. The minimum atomic E-state index is -4.23. The second-order valence-electron chi connectivity index (χ2n) is 9.97. The van der Waals surface area contributed by atoms with Gasteiger partial charge in [-0.15, -0.1) is 0 Å². The Labute approximate surface area is 253 Å². The maximum atomic E-state index is 13.8. The summed E-state index contributed by atoms with van der Waals surface area (Å²) in [5.74, 6) is -1.07. The van der Waals surface area contributed by atoms with Gasteiger partial charge in [-0.1, -0.05) is 40.9 Å². The third-order valence-corrected chi connectivity index (χ3v) is 9.22. The van der Waals surface area contributed by atoms with Crippen LogP contribution < -0.4 is 10.6 Å². The number of sulfone groups is 1. The van der Waals surface area contributed by atoms with E-state index in [1.807, 2.05) is 6.92 Å². The molecule has 220 valence electrons. The highest BCUT2D eigenvalue weighted by atomic mass is 35.5. The molecule has 4 aromatic rings. The molecule has 1 atom stereocenters. The molecule has 2 aromatic carbocycles. The molecule has 3 heterocycles. The molecule has 1 fully saturated rings. The van der Waals surface area contributed by atoms with E-state index in [0.717, 1.165) is 18.4 Å². The van der Waals surface area contributed by atoms with E-state index in [9.17, 15) is 18.0 Å². The van der Waals surface area contributed by atoms with Crippen molar-refractivity contribution in [2.45, 2.75) is 42.3 Å². The molecule has 0 aliphatic carbocycles. The lowest BCUT2D eigenvalue weighted by atomic mass is 10.1. The molecule has 0 unspecified atom stereocenters. The summed E-state index contributed by atoms with van der Waals surface area (Å²) in [5.41, 5.74) is 1.74. The summed E-state index contributed by atoms with van der Waals surface area (Å²) in [6.45, 7) is 2.29. The lowest BCUT2D eigenvalue weighted by Crippen LogP contribution is -2.50. The van der Waals surface area contributed by atoms with Crippen molar-refractivity contribution in [1.29, 1.82) is 0 Å². The molecule has 0 saturated carbocycles. The van der Waals surface area contributed by atoms with E-state index >= 15 is 0 Å². The summed E-state index contributed by atoms with van der Waals surface area (Å²) in [6, 6.07) is 12.9. The Morgan fingerprint density at radius 2 is 1.81 bits per heavy atom. The third-order valence-electron chi connectivity index (χ3n) is 7.09. The molecule has 3 N–H and O–H groups in total. The average Bonchev–Trinajstić information content (AvgIpc) is 3.44. The number of fused-ring (bicyclic) bond motifs is 1. The molecule has 13 heteroatoms. The number of amides is 1. The van der Waals surface area contributed by atoms with Gasteiger partial charge in [-0.3, -0.25) is 4.79 Å². The van der Waals surface area contributed by atoms with Crippen molar-refractivity contribution in [3.8, 4) is 0 Å². The number of aromatic amines is 1. The van der Waals surface area contributed by atoms with Gasteiger partial charge in [0, 0.05) is 33.9 Å². The number of nitrogens with zero attached hydrogens (tertiary/aromatic N) is 2. The normalized spacial score (nSPS) is 15.4. The molecule has 0 bridgehead atoms. The first kappa shape index (κ1) is 29.7. The van der Waals surface area contributed by atoms with Crippen LogP contribution >= 0.6 is 23.2 Å². The van der Waals surface area contributed by atoms with Crippen LogP contribution in [0.3, 0.4) is 0 Å². The summed E-state index contributed by atoms with van der Waals surface area (Å²) < 4.78 is 32.7. The van der Waals surface area contributed by atoms with E-state index in [-0.39, 0.29) is 34.2 Å². The second kappa shape index (κ2) is 12.2. The number of aromatic nitrogens is 2. The van der Waals surface area contributed by atoms with Gasteiger partial charge in [-0.2, -0.15) is 0 Å². The van der Waals surface area contributed by atoms with Gasteiger partial charge in [-0.05, 0) is 62.6 Å². The predicted octanol–water partition coefficient (Wildman–Crippen LogP) is 5.66. The predicted molar refractivity (Wildman–Crippen MR) is 162 cm³/mol. The first-order valence-electron chi connectivity index (χ1n) is 13.3. The number of hydrogen-bond donors (Lipinski definition) is 3. The lowest BCUT2D eigenvalue weighted by Gasteiger charge is -2.37. The Morgan fingerprint density at radius 1 is 1.10 bits per heavy atom. The molecule has 0 spiro atoms. The van der Waals surface area contributed by atoms with Crippen LogP contribution in [0.25, 0.3) is 11.0 Å². The van der Waals surface area contributed by atoms with Gasteiger partial charge in [0.1, 0.15) is 17.4 Å². The van der Waals surface area contributed by atoms with E-state index in [1.54, 1.807) is 47.5 Å². The average molecular weight is 631 g/mol. The van der Waals surface area contributed by atoms with Crippen LogP contribution in [0.15, 0.2) is 64.6 Å². The van der Waals surface area contributed by atoms with Crippen molar-refractivity contribution in [2.24, 2.45) is 0 Å². The van der Waals surface area contributed by atoms with Crippen LogP contribution in [0.1, 0.15) is 35.2 Å². The van der Waals surface area contributed by atoms with Gasteiger partial charge in [0.25, 0.3) is 0 Å². The molecular formula is C29H29Cl2N5O5S. The van der Waals surface area contributed by atoms with Gasteiger partial charge in [0.05, 0.1) is 24.2 Å². The number of benzene rings is 2. The zero-order valence-corrected chi connectivity index (χ0v) is 25.2. The molecule has 10 nitrogen and oxygen atoms in total. The fourth-order valence-electron chi connectivity index (χ4n) is 5.00. The van der Waals surface area contributed by atoms with Gasteiger partial charge >= 0.3 is 5.97 Å². The minimum absolute atomic E-state index is 0.00993. The van der Waals surface area contributed by atoms with Crippen molar-refractivity contribution < 1.29 is 22.7 Å². The maximum Gasteiger partial charge on any atom is 0.342 e. The first-order chi connectivity index (χ1) is 20.1. The number of pyridine rings is 1. The summed E-state index contributed by atoms with van der Waals surface area (Å²) >= 11 is 12.2. The Hall–Kier alpha value is -3.80. The fraction of sp³-hybridized carbons (Fsp3) is 0.276. The van der Waals surface area contributed by atoms with Crippen LogP contribution in [0, 0.1) is 6.92 Å². The molecule has 2 aromatic heterocycles. The maximum absolute atomic E-state index is 13.8. The van der Waals surface area contributed by atoms with Crippen molar-refractivity contribution in [2.75, 3.05) is 30.8 Å². The molecule has 1 aliphatic heterocycles. The van der Waals surface area contributed by atoms with E-state index < -0.39 is 27.0 Å². The summed E-state index contributed by atoms with van der Waals surface area (Å²) in [4.78, 5) is 35.6. The SMILES string of the molecule is COC(=O)c1c(S(=O)(=O)c2ccc(C)cc2)nc2[nH]ccc2c1N[C@H]1CCCCN1C(=O)CNc1cc(Cl)cc(Cl)c1. The number of anilines is 2. The van der Waals surface area contributed by atoms with Gasteiger partial charge in [-0.25, -0.2) is 18.2 Å². The number of methoxy groups -OCH3 is 1. The van der Waals surface area contributed by atoms with Gasteiger partial charge in [0.2, 0.25) is 15.7 Å². The topological polar surface area (TPSA) is 133 Å². The number of hydrogen-bond acceptors (Lipinski definition) is 8. The number of likely N-dealkylation sites (tertiary alicyclic amines) is 1. The summed E-state index contributed by atoms with van der Waals surface area (Å²) in [5, 5.41) is 7.32. The molecule has 0 radical (unpaired) electrons. The zero-order chi connectivity index (χ0) is 30.0. The number of rotatable bonds is 8. The van der Waals surface area contributed by atoms with E-state index in [0.29, 0.717) is 34.1 Å². The van der Waals surface area contributed by atoms with E-state index in [2.05, 4.69) is 20.6 Å². The fourth-order valence-corrected chi connectivity index (χ4v) is 6.91. The molecule has 1 saturated heterocycles. The summed E-state index contributed by atoms with van der Waals surface area (Å²) in [6.07, 6.45) is 3.26. The molecule has 5 rings (SSSR count). The van der Waals surface area contributed by atoms with Crippen molar-refractivity contribution in [1.82, 2.24) is 14.9 Å². The van der Waals surface area contributed by atoms with Crippen molar-refractivity contribution in [3.63, 3.8) is 0 Å². The van der Waals surface area contributed by atoms with Crippen LogP contribution in [-0.2, 0) is 19.4 Å². The van der Waals surface area contributed by atoms with Crippen LogP contribution in [0.4, 0.5) is 11.4 Å². The number of aryl methyl sites for hydroxylation is 1. The number of carbonyl (C=O) groups excluding carboxylic acids is 2. The first-order valence-corrected chi connectivity index (χ1v) is 15.5. The highest BCUT2D eigenvalue weighted by molar-refractivity contribution is 7.91. The Bertz CT molecular complexity index is 1740. The summed E-state index contributed by atoms with van der Waals surface area (Å²) in [7, 11) is -3.05. The number of piperidine rings is 1. The van der Waals surface area contributed by atoms with E-state index in [1.165, 1.54) is 19.2 Å². The second-order valence-corrected chi connectivity index (χ2v) is 12.7. The smallest absolute Gasteiger partial charge is 0.342 e. The van der Waals surface area contributed by atoms with Gasteiger partial charge in [0.15, 0.2) is 5.03 Å². The number of esters is 1. The number of carbonyl (C=O) groups is 2.